The monoisotopic (exact) mass is 307 g/mol. The van der Waals surface area contributed by atoms with Crippen LogP contribution >= 0.6 is 0 Å². The van der Waals surface area contributed by atoms with E-state index in [1.54, 1.807) is 12.1 Å². The first-order chi connectivity index (χ1) is 9.97. The highest BCUT2D eigenvalue weighted by Crippen LogP contribution is 2.37. The Morgan fingerprint density at radius 3 is 2.76 bits per heavy atom. The number of aromatic carboxylic acids is 1. The number of rotatable bonds is 5. The van der Waals surface area contributed by atoms with Crippen LogP contribution in [-0.4, -0.2) is 29.0 Å². The van der Waals surface area contributed by atoms with Crippen LogP contribution in [0.2, 0.25) is 0 Å². The van der Waals surface area contributed by atoms with E-state index in [0.717, 1.165) is 12.8 Å². The summed E-state index contributed by atoms with van der Waals surface area (Å²) in [6.07, 6.45) is 6.02. The molecule has 7 nitrogen and oxygen atoms in total. The topological polar surface area (TPSA) is 101 Å². The zero-order valence-electron chi connectivity index (χ0n) is 10.9. The standard InChI is InChI=1S/C13H13N3O4S/c17-13(18)12-6-11(8-16(12)10-3-4-10)21(19,20)15-9-2-1-5-14-7-9/h1-2,5-8,10,15H,3-4H2,(H,17,18). The summed E-state index contributed by atoms with van der Waals surface area (Å²) in [6, 6.07) is 4.44. The predicted molar refractivity (Wildman–Crippen MR) is 74.7 cm³/mol. The number of nitrogens with zero attached hydrogens (tertiary/aromatic N) is 2. The zero-order valence-corrected chi connectivity index (χ0v) is 11.7. The lowest BCUT2D eigenvalue weighted by Gasteiger charge is -2.05. The molecule has 3 rings (SSSR count). The molecule has 0 bridgehead atoms. The highest BCUT2D eigenvalue weighted by atomic mass is 32.2. The lowest BCUT2D eigenvalue weighted by Crippen LogP contribution is -2.12. The molecular formula is C13H13N3O4S. The molecule has 0 aliphatic heterocycles. The number of nitrogens with one attached hydrogen (secondary N) is 1. The van der Waals surface area contributed by atoms with Crippen molar-refractivity contribution in [1.29, 1.82) is 0 Å². The second-order valence-electron chi connectivity index (χ2n) is 4.85. The van der Waals surface area contributed by atoms with E-state index >= 15 is 0 Å². The SMILES string of the molecule is O=C(O)c1cc(S(=O)(=O)Nc2cccnc2)cn1C1CC1. The number of carbonyl (C=O) groups is 1. The minimum absolute atomic E-state index is 0.0101. The van der Waals surface area contributed by atoms with Gasteiger partial charge >= 0.3 is 5.97 Å². The van der Waals surface area contributed by atoms with Crippen molar-refractivity contribution < 1.29 is 18.3 Å². The summed E-state index contributed by atoms with van der Waals surface area (Å²) in [6.45, 7) is 0. The molecule has 8 heteroatoms. The van der Waals surface area contributed by atoms with Gasteiger partial charge in [-0.15, -0.1) is 0 Å². The van der Waals surface area contributed by atoms with Gasteiger partial charge in [-0.05, 0) is 31.0 Å². The van der Waals surface area contributed by atoms with Gasteiger partial charge < -0.3 is 9.67 Å². The van der Waals surface area contributed by atoms with Crippen LogP contribution in [-0.2, 0) is 10.0 Å². The van der Waals surface area contributed by atoms with Crippen LogP contribution in [0.3, 0.4) is 0 Å². The summed E-state index contributed by atoms with van der Waals surface area (Å²) in [7, 11) is -3.83. The number of pyridine rings is 1. The smallest absolute Gasteiger partial charge is 0.352 e. The molecule has 1 aliphatic rings. The summed E-state index contributed by atoms with van der Waals surface area (Å²) in [5.74, 6) is -1.13. The van der Waals surface area contributed by atoms with Gasteiger partial charge in [-0.1, -0.05) is 0 Å². The molecule has 0 spiro atoms. The van der Waals surface area contributed by atoms with Crippen molar-refractivity contribution in [2.75, 3.05) is 4.72 Å². The third-order valence-corrected chi connectivity index (χ3v) is 4.56. The van der Waals surface area contributed by atoms with Crippen LogP contribution in [0, 0.1) is 0 Å². The third-order valence-electron chi connectivity index (χ3n) is 3.21. The minimum atomic E-state index is -3.83. The number of sulfonamides is 1. The van der Waals surface area contributed by atoms with Crippen LogP contribution < -0.4 is 4.72 Å². The van der Waals surface area contributed by atoms with Gasteiger partial charge in [0, 0.05) is 18.4 Å². The third kappa shape index (κ3) is 2.75. The number of carboxylic acids is 1. The Kier molecular flexibility index (Phi) is 3.17. The number of hydrogen-bond acceptors (Lipinski definition) is 4. The molecular weight excluding hydrogens is 294 g/mol. The van der Waals surface area contributed by atoms with Crippen LogP contribution in [0.4, 0.5) is 5.69 Å². The van der Waals surface area contributed by atoms with Crippen molar-refractivity contribution >= 4 is 21.7 Å². The number of carboxylic acid groups (broad SMARTS) is 1. The molecule has 2 aromatic heterocycles. The molecule has 0 aromatic carbocycles. The minimum Gasteiger partial charge on any atom is -0.477 e. The van der Waals surface area contributed by atoms with E-state index in [4.69, 9.17) is 5.11 Å². The van der Waals surface area contributed by atoms with Gasteiger partial charge in [0.2, 0.25) is 0 Å². The van der Waals surface area contributed by atoms with Crippen LogP contribution in [0.25, 0.3) is 0 Å². The molecule has 0 atom stereocenters. The molecule has 2 N–H and O–H groups in total. The van der Waals surface area contributed by atoms with E-state index in [-0.39, 0.29) is 16.6 Å². The molecule has 0 saturated heterocycles. The van der Waals surface area contributed by atoms with Gasteiger partial charge in [-0.2, -0.15) is 0 Å². The summed E-state index contributed by atoms with van der Waals surface area (Å²) >= 11 is 0. The first kappa shape index (κ1) is 13.6. The summed E-state index contributed by atoms with van der Waals surface area (Å²) in [5, 5.41) is 9.17. The molecule has 2 aromatic rings. The van der Waals surface area contributed by atoms with E-state index in [0.29, 0.717) is 5.69 Å². The van der Waals surface area contributed by atoms with Crippen LogP contribution in [0.1, 0.15) is 29.4 Å². The maximum atomic E-state index is 12.3. The molecule has 0 amide bonds. The molecule has 1 fully saturated rings. The molecule has 110 valence electrons. The van der Waals surface area contributed by atoms with Crippen LogP contribution in [0.5, 0.6) is 0 Å². The Bertz CT molecular complexity index is 779. The lowest BCUT2D eigenvalue weighted by molar-refractivity contribution is 0.0685. The number of hydrogen-bond donors (Lipinski definition) is 2. The van der Waals surface area contributed by atoms with E-state index in [2.05, 4.69) is 9.71 Å². The molecule has 1 aliphatic carbocycles. The quantitative estimate of drug-likeness (QED) is 0.875. The average Bonchev–Trinajstić information content (AvgIpc) is 3.17. The molecule has 21 heavy (non-hydrogen) atoms. The Morgan fingerprint density at radius 1 is 1.43 bits per heavy atom. The average molecular weight is 307 g/mol. The first-order valence-corrected chi connectivity index (χ1v) is 7.84. The number of aromatic nitrogens is 2. The van der Waals surface area contributed by atoms with Crippen molar-refractivity contribution in [1.82, 2.24) is 9.55 Å². The summed E-state index contributed by atoms with van der Waals surface area (Å²) in [4.78, 5) is 15.0. The van der Waals surface area contributed by atoms with Crippen molar-refractivity contribution in [3.8, 4) is 0 Å². The van der Waals surface area contributed by atoms with Crippen molar-refractivity contribution in [2.45, 2.75) is 23.8 Å². The zero-order chi connectivity index (χ0) is 15.0. The summed E-state index contributed by atoms with van der Waals surface area (Å²) in [5.41, 5.74) is 0.317. The highest BCUT2D eigenvalue weighted by molar-refractivity contribution is 7.92. The lowest BCUT2D eigenvalue weighted by atomic mass is 10.4. The second-order valence-corrected chi connectivity index (χ2v) is 6.53. The summed E-state index contributed by atoms with van der Waals surface area (Å²) < 4.78 is 28.5. The Morgan fingerprint density at radius 2 is 2.19 bits per heavy atom. The van der Waals surface area contributed by atoms with E-state index in [1.807, 2.05) is 0 Å². The maximum Gasteiger partial charge on any atom is 0.352 e. The van der Waals surface area contributed by atoms with E-state index < -0.39 is 16.0 Å². The second kappa shape index (κ2) is 4.88. The van der Waals surface area contributed by atoms with Crippen molar-refractivity contribution in [2.24, 2.45) is 0 Å². The van der Waals surface area contributed by atoms with Crippen LogP contribution in [0.15, 0.2) is 41.7 Å². The fraction of sp³-hybridized carbons (Fsp3) is 0.231. The Balaban J connectivity index is 1.95. The normalized spacial score (nSPS) is 14.9. The fourth-order valence-electron chi connectivity index (χ4n) is 2.06. The molecule has 2 heterocycles. The Labute approximate surface area is 121 Å². The molecule has 1 saturated carbocycles. The molecule has 0 unspecified atom stereocenters. The van der Waals surface area contributed by atoms with Gasteiger partial charge in [0.05, 0.1) is 11.9 Å². The number of anilines is 1. The van der Waals surface area contributed by atoms with E-state index in [1.165, 1.54) is 29.2 Å². The molecule has 0 radical (unpaired) electrons. The largest absolute Gasteiger partial charge is 0.477 e. The van der Waals surface area contributed by atoms with Crippen molar-refractivity contribution in [3.05, 3.63) is 42.5 Å². The van der Waals surface area contributed by atoms with Gasteiger partial charge in [0.25, 0.3) is 10.0 Å². The van der Waals surface area contributed by atoms with Crippen molar-refractivity contribution in [3.63, 3.8) is 0 Å². The first-order valence-electron chi connectivity index (χ1n) is 6.35. The van der Waals surface area contributed by atoms with E-state index in [9.17, 15) is 13.2 Å². The van der Waals surface area contributed by atoms with Gasteiger partial charge in [0.15, 0.2) is 0 Å². The van der Waals surface area contributed by atoms with Gasteiger partial charge in [-0.3, -0.25) is 9.71 Å². The highest BCUT2D eigenvalue weighted by Gasteiger charge is 2.30. The maximum absolute atomic E-state index is 12.3. The fourth-order valence-corrected chi connectivity index (χ4v) is 3.13. The Hall–Kier alpha value is -2.35. The predicted octanol–water partition coefficient (Wildman–Crippen LogP) is 1.72. The van der Waals surface area contributed by atoms with Gasteiger partial charge in [-0.25, -0.2) is 13.2 Å². The van der Waals surface area contributed by atoms with Gasteiger partial charge in [0.1, 0.15) is 10.6 Å².